The standard InChI is InChI=1S/C15H13N3O5S/c1-8-2-3-9(14(19)20)6-12(8)18-24(22,23)10-4-5-11-13(7-10)17-15(21)16-11/h2-7,18H,1H3,(H,19,20)(H2,16,17,21). The predicted molar refractivity (Wildman–Crippen MR) is 87.9 cm³/mol. The largest absolute Gasteiger partial charge is 0.478 e. The molecular weight excluding hydrogens is 334 g/mol. The van der Waals surface area contributed by atoms with Crippen LogP contribution >= 0.6 is 0 Å². The maximum atomic E-state index is 12.5. The van der Waals surface area contributed by atoms with Gasteiger partial charge in [-0.15, -0.1) is 0 Å². The highest BCUT2D eigenvalue weighted by molar-refractivity contribution is 7.92. The monoisotopic (exact) mass is 347 g/mol. The first-order valence-electron chi connectivity index (χ1n) is 6.85. The number of nitrogens with one attached hydrogen (secondary N) is 3. The molecule has 0 fully saturated rings. The molecule has 0 radical (unpaired) electrons. The lowest BCUT2D eigenvalue weighted by atomic mass is 10.1. The van der Waals surface area contributed by atoms with Crippen LogP contribution in [0.3, 0.4) is 0 Å². The number of rotatable bonds is 4. The number of imidazole rings is 1. The second-order valence-corrected chi connectivity index (χ2v) is 6.91. The third-order valence-corrected chi connectivity index (χ3v) is 4.89. The molecule has 0 spiro atoms. The lowest BCUT2D eigenvalue weighted by Gasteiger charge is -2.11. The Hall–Kier alpha value is -3.07. The SMILES string of the molecule is Cc1ccc(C(=O)O)cc1NS(=O)(=O)c1ccc2[nH]c(=O)[nH]c2c1. The quantitative estimate of drug-likeness (QED) is 0.570. The molecule has 0 saturated carbocycles. The first-order chi connectivity index (χ1) is 11.3. The second kappa shape index (κ2) is 5.53. The highest BCUT2D eigenvalue weighted by Gasteiger charge is 2.17. The Morgan fingerprint density at radius 2 is 1.79 bits per heavy atom. The van der Waals surface area contributed by atoms with E-state index in [0.717, 1.165) is 0 Å². The first-order valence-corrected chi connectivity index (χ1v) is 8.33. The van der Waals surface area contributed by atoms with Crippen molar-refractivity contribution in [3.63, 3.8) is 0 Å². The van der Waals surface area contributed by atoms with E-state index < -0.39 is 21.7 Å². The number of fused-ring (bicyclic) bond motifs is 1. The number of hydrogen-bond acceptors (Lipinski definition) is 4. The van der Waals surface area contributed by atoms with E-state index in [1.54, 1.807) is 6.92 Å². The number of hydrogen-bond donors (Lipinski definition) is 4. The molecule has 0 amide bonds. The highest BCUT2D eigenvalue weighted by atomic mass is 32.2. The van der Waals surface area contributed by atoms with E-state index in [4.69, 9.17) is 5.11 Å². The van der Waals surface area contributed by atoms with Crippen molar-refractivity contribution in [1.29, 1.82) is 0 Å². The number of carboxylic acid groups (broad SMARTS) is 1. The lowest BCUT2D eigenvalue weighted by molar-refractivity contribution is 0.0697. The van der Waals surface area contributed by atoms with Crippen LogP contribution in [0.1, 0.15) is 15.9 Å². The van der Waals surface area contributed by atoms with Gasteiger partial charge in [-0.05, 0) is 42.8 Å². The van der Waals surface area contributed by atoms with Gasteiger partial charge in [-0.1, -0.05) is 6.07 Å². The van der Waals surface area contributed by atoms with E-state index in [2.05, 4.69) is 14.7 Å². The Kier molecular flexibility index (Phi) is 3.64. The molecule has 9 heteroatoms. The zero-order valence-electron chi connectivity index (χ0n) is 12.5. The predicted octanol–water partition coefficient (Wildman–Crippen LogP) is 1.66. The minimum atomic E-state index is -3.94. The summed E-state index contributed by atoms with van der Waals surface area (Å²) in [5.74, 6) is -1.15. The summed E-state index contributed by atoms with van der Waals surface area (Å²) in [4.78, 5) is 27.3. The summed E-state index contributed by atoms with van der Waals surface area (Å²) in [5.41, 5.74) is 1.15. The first kappa shape index (κ1) is 15.8. The lowest BCUT2D eigenvalue weighted by Crippen LogP contribution is -2.14. The Labute approximate surface area is 136 Å². The fourth-order valence-corrected chi connectivity index (χ4v) is 3.39. The minimum Gasteiger partial charge on any atom is -0.478 e. The van der Waals surface area contributed by atoms with Crippen molar-refractivity contribution in [2.45, 2.75) is 11.8 Å². The van der Waals surface area contributed by atoms with Crippen molar-refractivity contribution in [2.75, 3.05) is 4.72 Å². The summed E-state index contributed by atoms with van der Waals surface area (Å²) in [6.45, 7) is 1.66. The van der Waals surface area contributed by atoms with Gasteiger partial charge in [-0.2, -0.15) is 0 Å². The van der Waals surface area contributed by atoms with E-state index in [0.29, 0.717) is 16.6 Å². The van der Waals surface area contributed by atoms with E-state index in [-0.39, 0.29) is 16.1 Å². The third-order valence-electron chi connectivity index (χ3n) is 3.53. The summed E-state index contributed by atoms with van der Waals surface area (Å²) >= 11 is 0. The van der Waals surface area contributed by atoms with Crippen LogP contribution < -0.4 is 10.4 Å². The molecule has 8 nitrogen and oxygen atoms in total. The number of anilines is 1. The Morgan fingerprint density at radius 1 is 1.08 bits per heavy atom. The molecule has 0 atom stereocenters. The molecule has 0 unspecified atom stereocenters. The van der Waals surface area contributed by atoms with Gasteiger partial charge in [-0.25, -0.2) is 18.0 Å². The Balaban J connectivity index is 2.02. The van der Waals surface area contributed by atoms with Crippen molar-refractivity contribution in [1.82, 2.24) is 9.97 Å². The van der Waals surface area contributed by atoms with Gasteiger partial charge in [0.2, 0.25) is 0 Å². The minimum absolute atomic E-state index is 0.0243. The molecule has 0 aliphatic rings. The highest BCUT2D eigenvalue weighted by Crippen LogP contribution is 2.22. The van der Waals surface area contributed by atoms with E-state index in [1.165, 1.54) is 36.4 Å². The number of carboxylic acids is 1. The van der Waals surface area contributed by atoms with Crippen LogP contribution in [0.15, 0.2) is 46.1 Å². The van der Waals surface area contributed by atoms with E-state index in [1.807, 2.05) is 0 Å². The molecule has 1 heterocycles. The number of aromatic amines is 2. The molecule has 4 N–H and O–H groups in total. The number of H-pyrrole nitrogens is 2. The van der Waals surface area contributed by atoms with Crippen LogP contribution in [-0.2, 0) is 10.0 Å². The Morgan fingerprint density at radius 3 is 2.50 bits per heavy atom. The third kappa shape index (κ3) is 2.88. The van der Waals surface area contributed by atoms with Gasteiger partial charge in [0.25, 0.3) is 10.0 Å². The van der Waals surface area contributed by atoms with Gasteiger partial charge in [0.15, 0.2) is 0 Å². The molecule has 0 aliphatic carbocycles. The number of aromatic nitrogens is 2. The summed E-state index contributed by atoms with van der Waals surface area (Å²) in [7, 11) is -3.94. The molecule has 3 aromatic rings. The van der Waals surface area contributed by atoms with Gasteiger partial charge < -0.3 is 15.1 Å². The number of sulfonamides is 1. The van der Waals surface area contributed by atoms with Gasteiger partial charge in [0, 0.05) is 0 Å². The number of carbonyl (C=O) groups is 1. The van der Waals surface area contributed by atoms with Crippen molar-refractivity contribution in [3.05, 3.63) is 58.0 Å². The van der Waals surface area contributed by atoms with Gasteiger partial charge in [-0.3, -0.25) is 4.72 Å². The molecule has 3 rings (SSSR count). The average molecular weight is 347 g/mol. The van der Waals surface area contributed by atoms with Crippen molar-refractivity contribution in [3.8, 4) is 0 Å². The van der Waals surface area contributed by atoms with Crippen LogP contribution in [0.5, 0.6) is 0 Å². The smallest absolute Gasteiger partial charge is 0.335 e. The van der Waals surface area contributed by atoms with Crippen LogP contribution in [-0.4, -0.2) is 29.5 Å². The average Bonchev–Trinajstić information content (AvgIpc) is 2.88. The molecule has 0 saturated heterocycles. The molecule has 0 bridgehead atoms. The van der Waals surface area contributed by atoms with Crippen molar-refractivity contribution < 1.29 is 18.3 Å². The van der Waals surface area contributed by atoms with Gasteiger partial charge >= 0.3 is 11.7 Å². The molecule has 1 aromatic heterocycles. The second-order valence-electron chi connectivity index (χ2n) is 5.23. The maximum Gasteiger partial charge on any atom is 0.335 e. The maximum absolute atomic E-state index is 12.5. The fourth-order valence-electron chi connectivity index (χ4n) is 2.25. The summed E-state index contributed by atoms with van der Waals surface area (Å²) in [6.07, 6.45) is 0. The number of aryl methyl sites for hydroxylation is 1. The summed E-state index contributed by atoms with van der Waals surface area (Å²) in [5, 5.41) is 9.02. The van der Waals surface area contributed by atoms with Crippen LogP contribution in [0, 0.1) is 6.92 Å². The zero-order valence-corrected chi connectivity index (χ0v) is 13.3. The van der Waals surface area contributed by atoms with Gasteiger partial charge in [0.05, 0.1) is 27.2 Å². The van der Waals surface area contributed by atoms with Crippen LogP contribution in [0.4, 0.5) is 5.69 Å². The molecular formula is C15H13N3O5S. The molecule has 2 aromatic carbocycles. The normalized spacial score (nSPS) is 11.5. The van der Waals surface area contributed by atoms with Crippen LogP contribution in [0.25, 0.3) is 11.0 Å². The Bertz CT molecular complexity index is 1110. The van der Waals surface area contributed by atoms with Crippen molar-refractivity contribution >= 4 is 32.7 Å². The zero-order chi connectivity index (χ0) is 17.5. The van der Waals surface area contributed by atoms with Crippen LogP contribution in [0.2, 0.25) is 0 Å². The van der Waals surface area contributed by atoms with Crippen molar-refractivity contribution in [2.24, 2.45) is 0 Å². The summed E-state index contributed by atoms with van der Waals surface area (Å²) < 4.78 is 27.4. The molecule has 24 heavy (non-hydrogen) atoms. The number of aromatic carboxylic acids is 1. The van der Waals surface area contributed by atoms with E-state index in [9.17, 15) is 18.0 Å². The fraction of sp³-hybridized carbons (Fsp3) is 0.0667. The summed E-state index contributed by atoms with van der Waals surface area (Å²) in [6, 6.07) is 8.32. The molecule has 0 aliphatic heterocycles. The van der Waals surface area contributed by atoms with Gasteiger partial charge in [0.1, 0.15) is 0 Å². The topological polar surface area (TPSA) is 132 Å². The van der Waals surface area contributed by atoms with E-state index >= 15 is 0 Å². The number of benzene rings is 2. The molecule has 124 valence electrons.